The Labute approximate surface area is 245 Å². The van der Waals surface area contributed by atoms with Crippen LogP contribution >= 0.6 is 11.3 Å². The lowest BCUT2D eigenvalue weighted by atomic mass is 9.73. The summed E-state index contributed by atoms with van der Waals surface area (Å²) >= 11 is 1.28. The smallest absolute Gasteiger partial charge is 0.330 e. The van der Waals surface area contributed by atoms with Gasteiger partial charge in [0.2, 0.25) is 0 Å². The molecule has 2 heterocycles. The van der Waals surface area contributed by atoms with Crippen molar-refractivity contribution >= 4 is 34.7 Å². The number of carbonyl (C=O) groups is 3. The van der Waals surface area contributed by atoms with E-state index in [0.29, 0.717) is 16.0 Å². The Kier molecular flexibility index (Phi) is 7.51. The minimum absolute atomic E-state index is 0.108. The minimum Gasteiger partial charge on any atom is -0.479 e. The summed E-state index contributed by atoms with van der Waals surface area (Å²) in [6, 6.07) is 17.9. The number of Topliss-reactive ketones (excluding diaryl/α,β-unsaturated/α-hetero) is 1. The first-order valence-corrected chi connectivity index (χ1v) is 14.1. The molecule has 5 rings (SSSR count). The molecule has 214 valence electrons. The molecule has 0 saturated carbocycles. The van der Waals surface area contributed by atoms with Crippen LogP contribution in [-0.4, -0.2) is 38.1 Å². The van der Waals surface area contributed by atoms with Gasteiger partial charge in [-0.15, -0.1) is 11.3 Å². The number of hydrogen-bond acceptors (Lipinski definition) is 6. The van der Waals surface area contributed by atoms with Crippen LogP contribution in [0.2, 0.25) is 0 Å². The number of hydrogen-bond donors (Lipinski definition) is 1. The van der Waals surface area contributed by atoms with Gasteiger partial charge in [0.1, 0.15) is 11.4 Å². The third-order valence-corrected chi connectivity index (χ3v) is 9.23. The molecule has 4 atom stereocenters. The van der Waals surface area contributed by atoms with Crippen molar-refractivity contribution in [1.29, 1.82) is 0 Å². The first-order chi connectivity index (χ1) is 20.0. The van der Waals surface area contributed by atoms with Crippen molar-refractivity contribution < 1.29 is 28.8 Å². The van der Waals surface area contributed by atoms with E-state index in [1.165, 1.54) is 48.6 Å². The molecule has 1 aromatic heterocycles. The van der Waals surface area contributed by atoms with Crippen molar-refractivity contribution in [1.82, 2.24) is 4.90 Å². The van der Waals surface area contributed by atoms with Gasteiger partial charge in [-0.2, -0.15) is 0 Å². The van der Waals surface area contributed by atoms with E-state index in [9.17, 15) is 34.0 Å². The number of nitro benzene ring substituents is 1. The number of ketones is 1. The van der Waals surface area contributed by atoms with Crippen LogP contribution in [0.5, 0.6) is 0 Å². The van der Waals surface area contributed by atoms with E-state index < -0.39 is 51.8 Å². The van der Waals surface area contributed by atoms with Crippen molar-refractivity contribution in [3.8, 4) is 0 Å². The molecule has 8 nitrogen and oxygen atoms in total. The summed E-state index contributed by atoms with van der Waals surface area (Å²) in [5.74, 6) is -5.45. The molecule has 1 aliphatic rings. The summed E-state index contributed by atoms with van der Waals surface area (Å²) in [4.78, 5) is 55.3. The molecular weight excluding hydrogens is 559 g/mol. The van der Waals surface area contributed by atoms with Crippen LogP contribution in [0.1, 0.15) is 61.2 Å². The third kappa shape index (κ3) is 4.67. The number of carboxylic acids is 1. The Balaban J connectivity index is 1.87. The maximum Gasteiger partial charge on any atom is 0.330 e. The van der Waals surface area contributed by atoms with Gasteiger partial charge in [-0.05, 0) is 67.1 Å². The van der Waals surface area contributed by atoms with Gasteiger partial charge in [0, 0.05) is 34.1 Å². The Morgan fingerprint density at radius 1 is 0.976 bits per heavy atom. The first-order valence-electron chi connectivity index (χ1n) is 13.2. The highest BCUT2D eigenvalue weighted by Gasteiger charge is 2.65. The second-order valence-electron chi connectivity index (χ2n) is 10.6. The Bertz CT molecular complexity index is 1740. The van der Waals surface area contributed by atoms with Crippen LogP contribution in [0.25, 0.3) is 0 Å². The van der Waals surface area contributed by atoms with Crippen LogP contribution in [-0.2, 0) is 4.79 Å². The number of rotatable bonds is 7. The SMILES string of the molecule is Cc1ccccc1C(=O)C1C(c2cccc([N+](=O)[O-])c2)N(C(=O)c2cccc(F)c2)C(C)(C(=O)O)C1c1sccc1C. The van der Waals surface area contributed by atoms with Crippen LogP contribution in [0.4, 0.5) is 10.1 Å². The highest BCUT2D eigenvalue weighted by atomic mass is 32.1. The molecule has 1 aliphatic heterocycles. The maximum atomic E-state index is 14.6. The quantitative estimate of drug-likeness (QED) is 0.146. The summed E-state index contributed by atoms with van der Waals surface area (Å²) in [6.45, 7) is 4.97. The fourth-order valence-electron chi connectivity index (χ4n) is 6.09. The van der Waals surface area contributed by atoms with Gasteiger partial charge in [-0.1, -0.05) is 42.5 Å². The maximum absolute atomic E-state index is 14.6. The average Bonchev–Trinajstić information content (AvgIpc) is 3.50. The van der Waals surface area contributed by atoms with E-state index in [-0.39, 0.29) is 16.8 Å². The number of aryl methyl sites for hydroxylation is 2. The predicted octanol–water partition coefficient (Wildman–Crippen LogP) is 6.74. The first kappa shape index (κ1) is 28.8. The number of aliphatic carboxylic acids is 1. The number of non-ortho nitro benzene ring substituents is 1. The lowest BCUT2D eigenvalue weighted by molar-refractivity contribution is -0.385. The molecule has 1 saturated heterocycles. The molecule has 1 N–H and O–H groups in total. The second kappa shape index (κ2) is 10.9. The molecule has 0 bridgehead atoms. The zero-order valence-electron chi connectivity index (χ0n) is 23.0. The fourth-order valence-corrected chi connectivity index (χ4v) is 7.28. The number of nitro groups is 1. The number of likely N-dealkylation sites (tertiary alicyclic amines) is 1. The molecule has 3 aromatic carbocycles. The van der Waals surface area contributed by atoms with Gasteiger partial charge < -0.3 is 10.0 Å². The van der Waals surface area contributed by atoms with Gasteiger partial charge in [0.05, 0.1) is 16.9 Å². The summed E-state index contributed by atoms with van der Waals surface area (Å²) in [6.07, 6.45) is 0. The number of thiophene rings is 1. The van der Waals surface area contributed by atoms with Gasteiger partial charge >= 0.3 is 5.97 Å². The van der Waals surface area contributed by atoms with E-state index >= 15 is 0 Å². The molecule has 1 amide bonds. The van der Waals surface area contributed by atoms with Gasteiger partial charge in [0.15, 0.2) is 5.78 Å². The van der Waals surface area contributed by atoms with Crippen molar-refractivity contribution in [3.63, 3.8) is 0 Å². The van der Waals surface area contributed by atoms with E-state index in [4.69, 9.17) is 0 Å². The fraction of sp³-hybridized carbons (Fsp3) is 0.219. The minimum atomic E-state index is -2.00. The zero-order valence-corrected chi connectivity index (χ0v) is 23.8. The van der Waals surface area contributed by atoms with E-state index in [2.05, 4.69) is 0 Å². The van der Waals surface area contributed by atoms with Crippen LogP contribution in [0.3, 0.4) is 0 Å². The lowest BCUT2D eigenvalue weighted by Gasteiger charge is -2.37. The largest absolute Gasteiger partial charge is 0.479 e. The van der Waals surface area contributed by atoms with Gasteiger partial charge in [-0.25, -0.2) is 9.18 Å². The average molecular weight is 587 g/mol. The van der Waals surface area contributed by atoms with E-state index in [0.717, 1.165) is 22.6 Å². The standard InChI is InChI=1S/C32H27FN2O6S/c1-18-8-4-5-13-24(18)28(36)25-26(29-19(2)14-15-42-29)32(3,31(38)39)34(30(37)21-10-6-11-22(33)16-21)27(25)20-9-7-12-23(17-20)35(40)41/h4-17,25-27H,1-3H3,(H,38,39). The molecule has 42 heavy (non-hydrogen) atoms. The van der Waals surface area contributed by atoms with Crippen LogP contribution in [0.15, 0.2) is 84.2 Å². The van der Waals surface area contributed by atoms with Gasteiger partial charge in [-0.3, -0.25) is 19.7 Å². The highest BCUT2D eigenvalue weighted by Crippen LogP contribution is 2.58. The van der Waals surface area contributed by atoms with E-state index in [1.807, 2.05) is 13.0 Å². The summed E-state index contributed by atoms with van der Waals surface area (Å²) < 4.78 is 14.3. The van der Waals surface area contributed by atoms with Crippen molar-refractivity contribution in [2.24, 2.45) is 5.92 Å². The summed E-state index contributed by atoms with van der Waals surface area (Å²) in [5.41, 5.74) is -0.400. The Morgan fingerprint density at radius 3 is 2.31 bits per heavy atom. The Morgan fingerprint density at radius 2 is 1.69 bits per heavy atom. The lowest BCUT2D eigenvalue weighted by Crippen LogP contribution is -2.54. The number of amides is 1. The molecule has 0 aliphatic carbocycles. The van der Waals surface area contributed by atoms with Crippen molar-refractivity contribution in [2.45, 2.75) is 38.3 Å². The number of carbonyl (C=O) groups excluding carboxylic acids is 2. The summed E-state index contributed by atoms with van der Waals surface area (Å²) in [7, 11) is 0. The zero-order chi connectivity index (χ0) is 30.3. The number of halogens is 1. The molecule has 0 spiro atoms. The normalized spacial score (nSPS) is 21.7. The summed E-state index contributed by atoms with van der Waals surface area (Å²) in [5, 5.41) is 24.5. The van der Waals surface area contributed by atoms with Crippen LogP contribution < -0.4 is 0 Å². The predicted molar refractivity (Wildman–Crippen MR) is 155 cm³/mol. The number of nitrogens with zero attached hydrogens (tertiary/aromatic N) is 2. The topological polar surface area (TPSA) is 118 Å². The van der Waals surface area contributed by atoms with Crippen LogP contribution in [0, 0.1) is 35.7 Å². The van der Waals surface area contributed by atoms with Crippen molar-refractivity contribution in [2.75, 3.05) is 0 Å². The van der Waals surface area contributed by atoms with E-state index in [1.54, 1.807) is 42.6 Å². The molecule has 1 fully saturated rings. The highest BCUT2D eigenvalue weighted by molar-refractivity contribution is 7.10. The monoisotopic (exact) mass is 586 g/mol. The molecule has 10 heteroatoms. The molecular formula is C32H27FN2O6S. The Hall–Kier alpha value is -4.70. The second-order valence-corrected chi connectivity index (χ2v) is 11.5. The van der Waals surface area contributed by atoms with Crippen molar-refractivity contribution in [3.05, 3.63) is 133 Å². The van der Waals surface area contributed by atoms with Gasteiger partial charge in [0.25, 0.3) is 11.6 Å². The number of carboxylic acid groups (broad SMARTS) is 1. The third-order valence-electron chi connectivity index (χ3n) is 8.13. The molecule has 0 radical (unpaired) electrons. The molecule has 4 unspecified atom stereocenters. The molecule has 4 aromatic rings. The number of benzene rings is 3.